The van der Waals surface area contributed by atoms with Crippen LogP contribution in [0.3, 0.4) is 0 Å². The molecule has 2 rings (SSSR count). The van der Waals surface area contributed by atoms with Crippen LogP contribution in [0, 0.1) is 0 Å². The van der Waals surface area contributed by atoms with Gasteiger partial charge in [0.05, 0.1) is 12.8 Å². The van der Waals surface area contributed by atoms with Crippen molar-refractivity contribution in [1.29, 1.82) is 0 Å². The van der Waals surface area contributed by atoms with Crippen molar-refractivity contribution in [3.63, 3.8) is 0 Å². The van der Waals surface area contributed by atoms with Crippen LogP contribution in [-0.2, 0) is 15.9 Å². The maximum absolute atomic E-state index is 14.8. The number of hydrogen-bond acceptors (Lipinski definition) is 4. The highest BCUT2D eigenvalue weighted by molar-refractivity contribution is 5.85. The van der Waals surface area contributed by atoms with Gasteiger partial charge in [0.25, 0.3) is 0 Å². The molecule has 0 bridgehead atoms. The molecule has 2 N–H and O–H groups in total. The smallest absolute Gasteiger partial charge is 0.446 e. The maximum Gasteiger partial charge on any atom is 0.460 e. The SMILES string of the molecule is CC(CC(F)(F)C(F)(F)C(F)(F)C(F)(F)C(F)(F)C(F)(F)C(F)(F)C(F)(F)C(F)(F)C(F)(F)C(F)(F)C(F)(F)C(F)(F)C(F)(F)C(F)(F)C(F)(F)C(F)(F)C(F)(F)C(F)(F)F)OC(=O)Nc1ccc(Cc2ccc(NC(=O)OC(C)CC(F)(F)C(F)(F)C(F)(F)C(F)(F)C(F)(F)C(F)(F)C(F)(F)C(F)(F)C(F)(F)C(F)(F)C(F)(F)C(F)(F)C(F)(F)C(F)(F)C(F)(F)C(F)(F)C(F)(F)C(F)(F)C(F)(F)F)cc2)cc1. The minimum absolute atomic E-state index is 0.230. The molecule has 840 valence electrons. The summed E-state index contributed by atoms with van der Waals surface area (Å²) >= 11 is 0. The fourth-order valence-electron chi connectivity index (χ4n) is 10.1. The van der Waals surface area contributed by atoms with E-state index in [1.54, 1.807) is 0 Å². The molecule has 0 fully saturated rings. The summed E-state index contributed by atoms with van der Waals surface area (Å²) in [4.78, 5) is 24.6. The molecular formula is C59H24F78N2O4. The van der Waals surface area contributed by atoms with Crippen molar-refractivity contribution in [2.75, 3.05) is 10.6 Å². The average molecular weight is 2310 g/mol. The number of carbonyl (C=O) groups excluding carboxylic acids is 2. The summed E-state index contributed by atoms with van der Waals surface area (Å²) < 4.78 is 1110. The predicted molar refractivity (Wildman–Crippen MR) is 294 cm³/mol. The molecule has 0 aliphatic rings. The van der Waals surface area contributed by atoms with Gasteiger partial charge in [0.2, 0.25) is 0 Å². The molecule has 0 saturated heterocycles. The van der Waals surface area contributed by atoms with E-state index in [2.05, 4.69) is 9.47 Å². The number of amides is 2. The van der Waals surface area contributed by atoms with Crippen molar-refractivity contribution in [3.05, 3.63) is 59.7 Å². The highest BCUT2D eigenvalue weighted by atomic mass is 19.5. The van der Waals surface area contributed by atoms with E-state index in [0.29, 0.717) is 48.5 Å². The number of halogens is 78. The summed E-state index contributed by atoms with van der Waals surface area (Å²) in [6.07, 6.45) is -37.6. The van der Waals surface area contributed by atoms with E-state index in [1.165, 1.54) is 10.6 Å². The first-order chi connectivity index (χ1) is 61.2. The molecule has 0 heterocycles. The molecule has 0 aliphatic carbocycles. The molecule has 2 aromatic carbocycles. The Hall–Kier alpha value is -8.48. The second kappa shape index (κ2) is 35.1. The van der Waals surface area contributed by atoms with Crippen LogP contribution < -0.4 is 10.6 Å². The lowest BCUT2D eigenvalue weighted by Gasteiger charge is -2.47. The van der Waals surface area contributed by atoms with Crippen molar-refractivity contribution in [2.45, 2.75) is 271 Å². The monoisotopic (exact) mass is 2310 g/mol. The third kappa shape index (κ3) is 17.3. The molecule has 2 atom stereocenters. The molecule has 0 aromatic heterocycles. The quantitative estimate of drug-likeness (QED) is 0.0648. The van der Waals surface area contributed by atoms with Crippen LogP contribution in [0.25, 0.3) is 0 Å². The molecule has 0 spiro atoms. The zero-order valence-corrected chi connectivity index (χ0v) is 64.0. The van der Waals surface area contributed by atoms with Crippen molar-refractivity contribution < 1.29 is 362 Å². The van der Waals surface area contributed by atoms with Crippen LogP contribution >= 0.6 is 0 Å². The molecule has 0 aliphatic heterocycles. The Morgan fingerprint density at radius 3 is 0.399 bits per heavy atom. The fraction of sp³-hybridized carbons (Fsp3) is 0.763. The highest BCUT2D eigenvalue weighted by Crippen LogP contribution is 2.76. The lowest BCUT2D eigenvalue weighted by molar-refractivity contribution is -0.494. The summed E-state index contributed by atoms with van der Waals surface area (Å²) in [5.74, 6) is -363. The second-order valence-electron chi connectivity index (χ2n) is 28.6. The Labute approximate surface area is 726 Å². The van der Waals surface area contributed by atoms with Gasteiger partial charge in [-0.3, -0.25) is 10.6 Å². The molecule has 84 heteroatoms. The number of anilines is 2. The van der Waals surface area contributed by atoms with Gasteiger partial charge in [0.1, 0.15) is 12.2 Å². The molecule has 0 saturated carbocycles. The second-order valence-corrected chi connectivity index (χ2v) is 28.6. The van der Waals surface area contributed by atoms with Gasteiger partial charge in [-0.05, 0) is 55.7 Å². The Morgan fingerprint density at radius 2 is 0.287 bits per heavy atom. The standard InChI is InChI=1S/C59H24F78N2O4/c1-14(12-22(60,61)24(64,65)26(68,69)28(72,73)30(76,77)32(80,81)34(84,85)36(88,89)38(92,93)40(96,97)42(100,101)44(104,105)46(108,109)48(112,113)50(116,117)52(120,121)54(124,125)56(128,129)58(132,133)134)142-20(140)138-18-7-3-16(4-8-18)11-17-5-9-19(10-6-17)139-21(141)143-15(2)13-23(62,63)25(66,67)27(70,71)29(74,75)31(78,79)33(82,83)35(86,87)37(90,91)39(94,95)41(98,99)43(102,103)45(106,107)47(110,111)49(114,115)51(118,119)53(122,123)55(126,127)57(130,131)59(135,136)137/h3-10,14-15H,11-13H2,1-2H3,(H,138,140)(H,139,141). The van der Waals surface area contributed by atoms with E-state index >= 15 is 0 Å². The number of nitrogens with one attached hydrogen (secondary N) is 2. The summed E-state index contributed by atoms with van der Waals surface area (Å²) in [5.41, 5.74) is -2.27. The zero-order valence-electron chi connectivity index (χ0n) is 64.0. The van der Waals surface area contributed by atoms with Crippen LogP contribution in [0.2, 0.25) is 0 Å². The van der Waals surface area contributed by atoms with Gasteiger partial charge in [-0.1, -0.05) is 24.3 Å². The van der Waals surface area contributed by atoms with Gasteiger partial charge in [-0.15, -0.1) is 0 Å². The number of alkyl halides is 78. The number of rotatable bonds is 44. The summed E-state index contributed by atoms with van der Waals surface area (Å²) in [6.45, 7) is -0.769. The molecule has 2 aromatic rings. The third-order valence-electron chi connectivity index (χ3n) is 18.8. The van der Waals surface area contributed by atoms with E-state index in [9.17, 15) is 352 Å². The zero-order chi connectivity index (χ0) is 116. The first-order valence-electron chi connectivity index (χ1n) is 33.1. The molecule has 2 unspecified atom stereocenters. The lowest BCUT2D eigenvalue weighted by atomic mass is 9.82. The first-order valence-corrected chi connectivity index (χ1v) is 33.1. The van der Waals surface area contributed by atoms with Crippen molar-refractivity contribution in [3.8, 4) is 0 Å². The number of hydrogen-bond donors (Lipinski definition) is 2. The maximum atomic E-state index is 14.8. The van der Waals surface area contributed by atoms with Crippen molar-refractivity contribution >= 4 is 23.6 Å². The molecule has 6 nitrogen and oxygen atoms in total. The Balaban J connectivity index is 2.42. The number of carbonyl (C=O) groups is 2. The van der Waals surface area contributed by atoms with Gasteiger partial charge in [0.15, 0.2) is 0 Å². The average Bonchev–Trinajstić information content (AvgIpc) is 0.674. The molecular weight excluding hydrogens is 2280 g/mol. The molecule has 143 heavy (non-hydrogen) atoms. The number of ether oxygens (including phenoxy) is 2. The first kappa shape index (κ1) is 131. The third-order valence-corrected chi connectivity index (χ3v) is 18.8. The van der Waals surface area contributed by atoms with Crippen molar-refractivity contribution in [1.82, 2.24) is 0 Å². The van der Waals surface area contributed by atoms with Gasteiger partial charge in [-0.25, -0.2) is 9.59 Å². The largest absolute Gasteiger partial charge is 0.460 e. The van der Waals surface area contributed by atoms with Crippen LogP contribution in [-0.4, -0.2) is 250 Å². The van der Waals surface area contributed by atoms with Gasteiger partial charge >= 0.3 is 238 Å². The van der Waals surface area contributed by atoms with Crippen LogP contribution in [0.1, 0.15) is 37.8 Å². The van der Waals surface area contributed by atoms with Crippen molar-refractivity contribution in [2.24, 2.45) is 0 Å². The van der Waals surface area contributed by atoms with Gasteiger partial charge in [-0.2, -0.15) is 342 Å². The minimum atomic E-state index is -10.8. The highest BCUT2D eigenvalue weighted by Gasteiger charge is 3.07. The summed E-state index contributed by atoms with van der Waals surface area (Å²) in [5, 5.41) is 2.61. The topological polar surface area (TPSA) is 76.7 Å². The van der Waals surface area contributed by atoms with E-state index in [4.69, 9.17) is 0 Å². The van der Waals surface area contributed by atoms with Crippen LogP contribution in [0.15, 0.2) is 48.5 Å². The van der Waals surface area contributed by atoms with Gasteiger partial charge in [0, 0.05) is 11.4 Å². The fourth-order valence-corrected chi connectivity index (χ4v) is 10.1. The Bertz CT molecular complexity index is 4510. The van der Waals surface area contributed by atoms with Gasteiger partial charge < -0.3 is 9.47 Å². The van der Waals surface area contributed by atoms with Crippen LogP contribution in [0.4, 0.5) is 363 Å². The van der Waals surface area contributed by atoms with E-state index in [1.807, 2.05) is 0 Å². The van der Waals surface area contributed by atoms with E-state index in [0.717, 1.165) is 0 Å². The van der Waals surface area contributed by atoms with E-state index < -0.39 is 281 Å². The molecule has 0 radical (unpaired) electrons. The number of benzene rings is 2. The lowest BCUT2D eigenvalue weighted by Crippen LogP contribution is -2.80. The van der Waals surface area contributed by atoms with E-state index in [-0.39, 0.29) is 25.0 Å². The summed E-state index contributed by atoms with van der Waals surface area (Å²) in [6, 6.07) is 4.77. The summed E-state index contributed by atoms with van der Waals surface area (Å²) in [7, 11) is 0. The normalized spacial score (nSPS) is 16.9. The Kier molecular flexibility index (Phi) is 32.0. The Morgan fingerprint density at radius 1 is 0.182 bits per heavy atom. The minimum Gasteiger partial charge on any atom is -0.446 e. The van der Waals surface area contributed by atoms with Crippen LogP contribution in [0.5, 0.6) is 0 Å². The predicted octanol–water partition coefficient (Wildman–Crippen LogP) is 29.9. The molecule has 2 amide bonds.